The van der Waals surface area contributed by atoms with E-state index >= 15 is 0 Å². The van der Waals surface area contributed by atoms with Gasteiger partial charge >= 0.3 is 0 Å². The first-order chi connectivity index (χ1) is 6.80. The number of ether oxygens (including phenoxy) is 1. The summed E-state index contributed by atoms with van der Waals surface area (Å²) in [5.74, 6) is 0. The van der Waals surface area contributed by atoms with Crippen LogP contribution in [0.2, 0.25) is 0 Å². The molecule has 2 aliphatic rings. The van der Waals surface area contributed by atoms with Crippen molar-refractivity contribution in [2.75, 3.05) is 19.8 Å². The number of hydrogen-bond donors (Lipinski definition) is 1. The van der Waals surface area contributed by atoms with Crippen LogP contribution in [-0.2, 0) is 16.7 Å². The average molecular weight is 254 g/mol. The summed E-state index contributed by atoms with van der Waals surface area (Å²) >= 11 is 3.53. The van der Waals surface area contributed by atoms with Crippen LogP contribution in [0.4, 0.5) is 0 Å². The van der Waals surface area contributed by atoms with Crippen LogP contribution in [0.1, 0.15) is 11.1 Å². The highest BCUT2D eigenvalue weighted by atomic mass is 79.9. The maximum absolute atomic E-state index is 5.33. The molecule has 0 aromatic heterocycles. The van der Waals surface area contributed by atoms with Gasteiger partial charge in [-0.15, -0.1) is 0 Å². The third-order valence-electron chi connectivity index (χ3n) is 3.14. The normalized spacial score (nSPS) is 22.9. The molecule has 1 N–H and O–H groups in total. The molecule has 14 heavy (non-hydrogen) atoms. The maximum atomic E-state index is 5.33. The Kier molecular flexibility index (Phi) is 1.94. The Hall–Kier alpha value is -0.380. The second kappa shape index (κ2) is 3.05. The minimum atomic E-state index is 0.122. The van der Waals surface area contributed by atoms with Gasteiger partial charge in [0.25, 0.3) is 0 Å². The van der Waals surface area contributed by atoms with Crippen molar-refractivity contribution in [1.82, 2.24) is 5.32 Å². The van der Waals surface area contributed by atoms with Gasteiger partial charge in [-0.3, -0.25) is 0 Å². The molecule has 0 amide bonds. The zero-order valence-electron chi connectivity index (χ0n) is 7.85. The quantitative estimate of drug-likeness (QED) is 0.762. The first-order valence-corrected chi connectivity index (χ1v) is 5.71. The molecule has 1 aromatic rings. The van der Waals surface area contributed by atoms with E-state index in [4.69, 9.17) is 4.74 Å². The SMILES string of the molecule is Brc1ccc2c(c1)C1(COC1)NCC2. The second-order valence-electron chi connectivity index (χ2n) is 4.05. The summed E-state index contributed by atoms with van der Waals surface area (Å²) in [4.78, 5) is 0. The van der Waals surface area contributed by atoms with Crippen molar-refractivity contribution in [2.24, 2.45) is 0 Å². The molecule has 3 heteroatoms. The summed E-state index contributed by atoms with van der Waals surface area (Å²) in [7, 11) is 0. The van der Waals surface area contributed by atoms with E-state index in [0.29, 0.717) is 0 Å². The highest BCUT2D eigenvalue weighted by molar-refractivity contribution is 9.10. The number of fused-ring (bicyclic) bond motifs is 2. The zero-order chi connectivity index (χ0) is 9.60. The average Bonchev–Trinajstić information content (AvgIpc) is 2.14. The number of hydrogen-bond acceptors (Lipinski definition) is 2. The van der Waals surface area contributed by atoms with E-state index in [1.165, 1.54) is 11.1 Å². The molecule has 1 saturated heterocycles. The molecule has 1 spiro atoms. The van der Waals surface area contributed by atoms with Gasteiger partial charge in [-0.1, -0.05) is 22.0 Å². The fourth-order valence-corrected chi connectivity index (χ4v) is 2.67. The smallest absolute Gasteiger partial charge is 0.0911 e. The molecule has 0 bridgehead atoms. The Morgan fingerprint density at radius 1 is 1.36 bits per heavy atom. The minimum Gasteiger partial charge on any atom is -0.377 e. The Balaban J connectivity index is 2.12. The molecule has 3 rings (SSSR count). The van der Waals surface area contributed by atoms with Gasteiger partial charge in [0.05, 0.1) is 18.8 Å². The topological polar surface area (TPSA) is 21.3 Å². The Labute approximate surface area is 91.8 Å². The molecule has 0 saturated carbocycles. The predicted molar refractivity (Wildman–Crippen MR) is 58.3 cm³/mol. The summed E-state index contributed by atoms with van der Waals surface area (Å²) in [6, 6.07) is 6.57. The van der Waals surface area contributed by atoms with Crippen molar-refractivity contribution >= 4 is 15.9 Å². The third-order valence-corrected chi connectivity index (χ3v) is 3.64. The largest absolute Gasteiger partial charge is 0.377 e. The molecule has 0 unspecified atom stereocenters. The monoisotopic (exact) mass is 253 g/mol. The van der Waals surface area contributed by atoms with Crippen LogP contribution in [0.3, 0.4) is 0 Å². The summed E-state index contributed by atoms with van der Waals surface area (Å²) < 4.78 is 6.49. The van der Waals surface area contributed by atoms with Crippen molar-refractivity contribution < 1.29 is 4.74 Å². The highest BCUT2D eigenvalue weighted by Gasteiger charge is 2.43. The Morgan fingerprint density at radius 2 is 2.21 bits per heavy atom. The first kappa shape index (κ1) is 8.89. The molecule has 1 aromatic carbocycles. The molecule has 2 heterocycles. The van der Waals surface area contributed by atoms with Crippen molar-refractivity contribution in [3.8, 4) is 0 Å². The zero-order valence-corrected chi connectivity index (χ0v) is 9.43. The fourth-order valence-electron chi connectivity index (χ4n) is 2.31. The van der Waals surface area contributed by atoms with Crippen LogP contribution in [0, 0.1) is 0 Å². The molecule has 1 fully saturated rings. The van der Waals surface area contributed by atoms with E-state index in [0.717, 1.165) is 30.7 Å². The molecule has 2 aliphatic heterocycles. The number of halogens is 1. The second-order valence-corrected chi connectivity index (χ2v) is 4.97. The molecule has 74 valence electrons. The molecular weight excluding hydrogens is 242 g/mol. The lowest BCUT2D eigenvalue weighted by Gasteiger charge is -2.46. The van der Waals surface area contributed by atoms with Crippen LogP contribution < -0.4 is 5.32 Å². The van der Waals surface area contributed by atoms with E-state index < -0.39 is 0 Å². The van der Waals surface area contributed by atoms with Gasteiger partial charge in [0.1, 0.15) is 0 Å². The maximum Gasteiger partial charge on any atom is 0.0911 e. The molecule has 0 atom stereocenters. The van der Waals surface area contributed by atoms with E-state index in [1.54, 1.807) is 0 Å². The summed E-state index contributed by atoms with van der Waals surface area (Å²) in [6.07, 6.45) is 1.13. The lowest BCUT2D eigenvalue weighted by Crippen LogP contribution is -2.60. The summed E-state index contributed by atoms with van der Waals surface area (Å²) in [6.45, 7) is 2.70. The van der Waals surface area contributed by atoms with E-state index in [2.05, 4.69) is 39.4 Å². The number of nitrogens with one attached hydrogen (secondary N) is 1. The van der Waals surface area contributed by atoms with Crippen molar-refractivity contribution in [2.45, 2.75) is 12.0 Å². The highest BCUT2D eigenvalue weighted by Crippen LogP contribution is 2.36. The predicted octanol–water partition coefficient (Wildman–Crippen LogP) is 1.82. The van der Waals surface area contributed by atoms with Crippen LogP contribution in [0.15, 0.2) is 22.7 Å². The van der Waals surface area contributed by atoms with Crippen molar-refractivity contribution in [1.29, 1.82) is 0 Å². The van der Waals surface area contributed by atoms with Gasteiger partial charge in [0.2, 0.25) is 0 Å². The van der Waals surface area contributed by atoms with Gasteiger partial charge in [-0.25, -0.2) is 0 Å². The van der Waals surface area contributed by atoms with Crippen molar-refractivity contribution in [3.63, 3.8) is 0 Å². The van der Waals surface area contributed by atoms with Gasteiger partial charge in [0.15, 0.2) is 0 Å². The third kappa shape index (κ3) is 1.16. The number of benzene rings is 1. The molecule has 2 nitrogen and oxygen atoms in total. The molecule has 0 aliphatic carbocycles. The van der Waals surface area contributed by atoms with E-state index in [1.807, 2.05) is 0 Å². The van der Waals surface area contributed by atoms with Gasteiger partial charge in [-0.05, 0) is 29.7 Å². The standard InChI is InChI=1S/C11H12BrNO/c12-9-2-1-8-3-4-13-11(6-14-7-11)10(8)5-9/h1-2,5,13H,3-4,6-7H2. The Bertz CT molecular complexity index is 374. The Morgan fingerprint density at radius 3 is 2.93 bits per heavy atom. The van der Waals surface area contributed by atoms with Gasteiger partial charge in [0, 0.05) is 11.0 Å². The first-order valence-electron chi connectivity index (χ1n) is 4.92. The number of rotatable bonds is 0. The fraction of sp³-hybridized carbons (Fsp3) is 0.455. The van der Waals surface area contributed by atoms with Crippen molar-refractivity contribution in [3.05, 3.63) is 33.8 Å². The molecular formula is C11H12BrNO. The molecule has 0 radical (unpaired) electrons. The van der Waals surface area contributed by atoms with Crippen LogP contribution in [-0.4, -0.2) is 19.8 Å². The van der Waals surface area contributed by atoms with E-state index in [-0.39, 0.29) is 5.54 Å². The lowest BCUT2D eigenvalue weighted by molar-refractivity contribution is -0.0814. The lowest BCUT2D eigenvalue weighted by atomic mass is 9.81. The van der Waals surface area contributed by atoms with Crippen LogP contribution in [0.25, 0.3) is 0 Å². The minimum absolute atomic E-state index is 0.122. The van der Waals surface area contributed by atoms with Crippen LogP contribution in [0.5, 0.6) is 0 Å². The van der Waals surface area contributed by atoms with Gasteiger partial charge in [-0.2, -0.15) is 0 Å². The summed E-state index contributed by atoms with van der Waals surface area (Å²) in [5.41, 5.74) is 3.01. The van der Waals surface area contributed by atoms with Gasteiger partial charge < -0.3 is 10.1 Å². The van der Waals surface area contributed by atoms with Crippen LogP contribution >= 0.6 is 15.9 Å². The van der Waals surface area contributed by atoms with E-state index in [9.17, 15) is 0 Å². The summed E-state index contributed by atoms with van der Waals surface area (Å²) in [5, 5.41) is 3.57.